The summed E-state index contributed by atoms with van der Waals surface area (Å²) in [4.78, 5) is 30.5. The predicted molar refractivity (Wildman–Crippen MR) is 77.6 cm³/mol. The van der Waals surface area contributed by atoms with E-state index in [-0.39, 0.29) is 30.5 Å². The molecule has 0 fully saturated rings. The lowest BCUT2D eigenvalue weighted by Gasteiger charge is -2.01. The van der Waals surface area contributed by atoms with Crippen LogP contribution in [0.1, 0.15) is 53.4 Å². The van der Waals surface area contributed by atoms with Crippen LogP contribution in [0.3, 0.4) is 0 Å². The number of amides is 1. The van der Waals surface area contributed by atoms with Crippen molar-refractivity contribution < 1.29 is 19.2 Å². The van der Waals surface area contributed by atoms with Crippen LogP contribution in [0.2, 0.25) is 0 Å². The molecule has 0 bridgehead atoms. The number of nitrogens with one attached hydrogen (secondary N) is 1. The fourth-order valence-electron chi connectivity index (χ4n) is 1.58. The van der Waals surface area contributed by atoms with E-state index in [0.717, 1.165) is 0 Å². The van der Waals surface area contributed by atoms with Crippen LogP contribution >= 0.6 is 11.3 Å². The molecule has 0 unspecified atom stereocenters. The summed E-state index contributed by atoms with van der Waals surface area (Å²) >= 11 is 1.19. The van der Waals surface area contributed by atoms with Crippen LogP contribution < -0.4 is 5.32 Å². The second-order valence-electron chi connectivity index (χ2n) is 4.91. The molecular formula is C13H16N4O4S. The zero-order valence-electron chi connectivity index (χ0n) is 12.2. The Bertz CT molecular complexity index is 665. The van der Waals surface area contributed by atoms with Crippen LogP contribution in [0.25, 0.3) is 0 Å². The molecule has 0 atom stereocenters. The Labute approximate surface area is 130 Å². The summed E-state index contributed by atoms with van der Waals surface area (Å²) in [5.41, 5.74) is -0.0127. The van der Waals surface area contributed by atoms with Gasteiger partial charge < -0.3 is 14.9 Å². The minimum Gasteiger partial charge on any atom is -0.476 e. The SMILES string of the molecule is CC(C)c1noc(CCC(=O)NCc2nc(C(=O)O)cs2)n1. The highest BCUT2D eigenvalue weighted by molar-refractivity contribution is 7.09. The second kappa shape index (κ2) is 7.12. The van der Waals surface area contributed by atoms with Gasteiger partial charge >= 0.3 is 5.97 Å². The lowest BCUT2D eigenvalue weighted by Crippen LogP contribution is -2.23. The van der Waals surface area contributed by atoms with Gasteiger partial charge in [-0.2, -0.15) is 4.98 Å². The third-order valence-electron chi connectivity index (χ3n) is 2.77. The lowest BCUT2D eigenvalue weighted by molar-refractivity contribution is -0.121. The van der Waals surface area contributed by atoms with Crippen molar-refractivity contribution in [2.24, 2.45) is 0 Å². The van der Waals surface area contributed by atoms with E-state index in [9.17, 15) is 9.59 Å². The van der Waals surface area contributed by atoms with Crippen LogP contribution in [0, 0.1) is 0 Å². The molecule has 2 aromatic rings. The summed E-state index contributed by atoms with van der Waals surface area (Å²) in [6.07, 6.45) is 0.584. The quantitative estimate of drug-likeness (QED) is 0.794. The average Bonchev–Trinajstić information content (AvgIpc) is 3.12. The zero-order valence-corrected chi connectivity index (χ0v) is 13.0. The Morgan fingerprint density at radius 1 is 1.41 bits per heavy atom. The summed E-state index contributed by atoms with van der Waals surface area (Å²) in [5.74, 6) is -0.0251. The Hall–Kier alpha value is -2.29. The standard InChI is InChI=1S/C13H16N4O4S/c1-7(2)12-16-10(21-17-12)4-3-9(18)14-5-11-15-8(6-22-11)13(19)20/h6-7H,3-5H2,1-2H3,(H,14,18)(H,19,20). The van der Waals surface area contributed by atoms with Gasteiger partial charge in [0.25, 0.3) is 0 Å². The Morgan fingerprint density at radius 2 is 2.18 bits per heavy atom. The van der Waals surface area contributed by atoms with Gasteiger partial charge in [-0.3, -0.25) is 4.79 Å². The fourth-order valence-corrected chi connectivity index (χ4v) is 2.29. The van der Waals surface area contributed by atoms with Crippen LogP contribution in [0.4, 0.5) is 0 Å². The maximum Gasteiger partial charge on any atom is 0.355 e. The first-order chi connectivity index (χ1) is 10.5. The number of carboxylic acids is 1. The number of aromatic nitrogens is 3. The monoisotopic (exact) mass is 324 g/mol. The molecule has 2 rings (SSSR count). The van der Waals surface area contributed by atoms with Gasteiger partial charge in [0.15, 0.2) is 11.5 Å². The van der Waals surface area contributed by atoms with E-state index in [1.807, 2.05) is 13.8 Å². The van der Waals surface area contributed by atoms with E-state index in [1.54, 1.807) is 0 Å². The van der Waals surface area contributed by atoms with Gasteiger partial charge in [-0.05, 0) is 0 Å². The predicted octanol–water partition coefficient (Wildman–Crippen LogP) is 1.60. The van der Waals surface area contributed by atoms with Gasteiger partial charge in [-0.1, -0.05) is 19.0 Å². The molecule has 0 aliphatic carbocycles. The molecule has 0 saturated carbocycles. The Kier molecular flexibility index (Phi) is 5.21. The first kappa shape index (κ1) is 16.1. The first-order valence-electron chi connectivity index (χ1n) is 6.72. The number of hydrogen-bond donors (Lipinski definition) is 2. The van der Waals surface area contributed by atoms with Crippen LogP contribution in [-0.4, -0.2) is 32.1 Å². The maximum absolute atomic E-state index is 11.7. The van der Waals surface area contributed by atoms with E-state index in [4.69, 9.17) is 9.63 Å². The van der Waals surface area contributed by atoms with Crippen LogP contribution in [-0.2, 0) is 17.8 Å². The van der Waals surface area contributed by atoms with Gasteiger partial charge in [-0.15, -0.1) is 11.3 Å². The lowest BCUT2D eigenvalue weighted by atomic mass is 10.2. The summed E-state index contributed by atoms with van der Waals surface area (Å²) in [6.45, 7) is 4.12. The molecule has 0 spiro atoms. The molecule has 2 N–H and O–H groups in total. The van der Waals surface area contributed by atoms with Crippen molar-refractivity contribution >= 4 is 23.2 Å². The highest BCUT2D eigenvalue weighted by atomic mass is 32.1. The fraction of sp³-hybridized carbons (Fsp3) is 0.462. The summed E-state index contributed by atoms with van der Waals surface area (Å²) in [6, 6.07) is 0. The van der Waals surface area contributed by atoms with E-state index in [2.05, 4.69) is 20.4 Å². The molecule has 0 aliphatic heterocycles. The van der Waals surface area contributed by atoms with Crippen molar-refractivity contribution in [1.29, 1.82) is 0 Å². The highest BCUT2D eigenvalue weighted by Gasteiger charge is 2.12. The molecule has 1 amide bonds. The van der Waals surface area contributed by atoms with Crippen LogP contribution in [0.15, 0.2) is 9.90 Å². The number of nitrogens with zero attached hydrogens (tertiary/aromatic N) is 3. The molecule has 0 aromatic carbocycles. The van der Waals surface area contributed by atoms with Gasteiger partial charge in [-0.25, -0.2) is 9.78 Å². The number of carboxylic acid groups (broad SMARTS) is 1. The Balaban J connectivity index is 1.76. The third-order valence-corrected chi connectivity index (χ3v) is 3.62. The smallest absolute Gasteiger partial charge is 0.355 e. The highest BCUT2D eigenvalue weighted by Crippen LogP contribution is 2.11. The Morgan fingerprint density at radius 3 is 2.77 bits per heavy atom. The van der Waals surface area contributed by atoms with E-state index >= 15 is 0 Å². The number of rotatable bonds is 7. The normalized spacial score (nSPS) is 10.9. The topological polar surface area (TPSA) is 118 Å². The molecule has 118 valence electrons. The average molecular weight is 324 g/mol. The van der Waals surface area contributed by atoms with Crippen LogP contribution in [0.5, 0.6) is 0 Å². The largest absolute Gasteiger partial charge is 0.476 e. The number of aromatic carboxylic acids is 1. The van der Waals surface area contributed by atoms with E-state index in [0.29, 0.717) is 23.1 Å². The zero-order chi connectivity index (χ0) is 16.1. The van der Waals surface area contributed by atoms with Gasteiger partial charge in [0, 0.05) is 24.1 Å². The maximum atomic E-state index is 11.7. The van der Waals surface area contributed by atoms with Gasteiger partial charge in [0.05, 0.1) is 6.54 Å². The van der Waals surface area contributed by atoms with Crippen molar-refractivity contribution in [3.63, 3.8) is 0 Å². The molecule has 2 aromatic heterocycles. The van der Waals surface area contributed by atoms with E-state index < -0.39 is 5.97 Å². The molecule has 0 aliphatic rings. The molecule has 22 heavy (non-hydrogen) atoms. The molecule has 8 nitrogen and oxygen atoms in total. The number of carbonyl (C=O) groups is 2. The molecule has 0 saturated heterocycles. The number of thiazole rings is 1. The van der Waals surface area contributed by atoms with Gasteiger partial charge in [0.1, 0.15) is 5.01 Å². The second-order valence-corrected chi connectivity index (χ2v) is 5.85. The van der Waals surface area contributed by atoms with Crippen molar-refractivity contribution in [1.82, 2.24) is 20.4 Å². The molecule has 0 radical (unpaired) electrons. The summed E-state index contributed by atoms with van der Waals surface area (Å²) in [5, 5.41) is 17.2. The minimum atomic E-state index is -1.08. The van der Waals surface area contributed by atoms with Crippen molar-refractivity contribution in [2.45, 2.75) is 39.2 Å². The summed E-state index contributed by atoms with van der Waals surface area (Å²) in [7, 11) is 0. The van der Waals surface area contributed by atoms with Gasteiger partial charge in [0.2, 0.25) is 11.8 Å². The number of aryl methyl sites for hydroxylation is 1. The third kappa shape index (κ3) is 4.35. The van der Waals surface area contributed by atoms with E-state index in [1.165, 1.54) is 16.7 Å². The number of hydrogen-bond acceptors (Lipinski definition) is 7. The number of carbonyl (C=O) groups excluding carboxylic acids is 1. The van der Waals surface area contributed by atoms with Crippen molar-refractivity contribution in [3.05, 3.63) is 27.8 Å². The first-order valence-corrected chi connectivity index (χ1v) is 7.60. The molecule has 2 heterocycles. The van der Waals surface area contributed by atoms with Crippen molar-refractivity contribution in [3.8, 4) is 0 Å². The van der Waals surface area contributed by atoms with Crippen molar-refractivity contribution in [2.75, 3.05) is 0 Å². The molecular weight excluding hydrogens is 308 g/mol. The summed E-state index contributed by atoms with van der Waals surface area (Å²) < 4.78 is 5.05. The molecule has 9 heteroatoms. The minimum absolute atomic E-state index is 0.0127.